The van der Waals surface area contributed by atoms with E-state index in [2.05, 4.69) is 24.1 Å². The first-order valence-electron chi connectivity index (χ1n) is 6.43. The number of nitrogens with two attached hydrogens (primary N) is 1. The van der Waals surface area contributed by atoms with Gasteiger partial charge in [0.05, 0.1) is 24.9 Å². The molecule has 2 atom stereocenters. The number of ether oxygens (including phenoxy) is 1. The lowest BCUT2D eigenvalue weighted by Gasteiger charge is -2.47. The molecule has 1 aliphatic heterocycles. The predicted molar refractivity (Wildman–Crippen MR) is 67.5 cm³/mol. The summed E-state index contributed by atoms with van der Waals surface area (Å²) in [6.07, 6.45) is 1.65. The lowest BCUT2D eigenvalue weighted by Crippen LogP contribution is -2.69. The maximum Gasteiger partial charge on any atom is 0.217 e. The van der Waals surface area contributed by atoms with Crippen molar-refractivity contribution in [2.24, 2.45) is 5.73 Å². The summed E-state index contributed by atoms with van der Waals surface area (Å²) in [5, 5.41) is 2.97. The maximum atomic E-state index is 11.2. The van der Waals surface area contributed by atoms with Crippen LogP contribution in [0.25, 0.3) is 0 Å². The lowest BCUT2D eigenvalue weighted by molar-refractivity contribution is -0.121. The Bertz CT molecular complexity index is 254. The van der Waals surface area contributed by atoms with Crippen LogP contribution in [0.1, 0.15) is 33.6 Å². The molecule has 1 amide bonds. The van der Waals surface area contributed by atoms with Gasteiger partial charge in [0.25, 0.3) is 0 Å². The first-order valence-corrected chi connectivity index (χ1v) is 6.43. The molecular formula is C12H25N3O2. The Morgan fingerprint density at radius 2 is 2.06 bits per heavy atom. The predicted octanol–water partition coefficient (Wildman–Crippen LogP) is 0.298. The van der Waals surface area contributed by atoms with Crippen molar-refractivity contribution in [2.45, 2.75) is 45.3 Å². The van der Waals surface area contributed by atoms with Crippen LogP contribution in [0.15, 0.2) is 0 Å². The normalized spacial score (nSPS) is 22.8. The second kappa shape index (κ2) is 6.33. The molecule has 1 fully saturated rings. The first kappa shape index (κ1) is 14.4. The van der Waals surface area contributed by atoms with Gasteiger partial charge in [0, 0.05) is 20.0 Å². The van der Waals surface area contributed by atoms with Crippen LogP contribution in [0.5, 0.6) is 0 Å². The van der Waals surface area contributed by atoms with E-state index in [-0.39, 0.29) is 11.9 Å². The highest BCUT2D eigenvalue weighted by Crippen LogP contribution is 2.21. The molecular weight excluding hydrogens is 218 g/mol. The number of carbonyl (C=O) groups excluding carboxylic acids is 1. The molecule has 3 N–H and O–H groups in total. The summed E-state index contributed by atoms with van der Waals surface area (Å²) in [6, 6.07) is -0.0110. The molecule has 0 saturated carbocycles. The summed E-state index contributed by atoms with van der Waals surface area (Å²) in [6.45, 7) is 8.77. The van der Waals surface area contributed by atoms with Crippen molar-refractivity contribution >= 4 is 5.91 Å². The summed E-state index contributed by atoms with van der Waals surface area (Å²) in [5.41, 5.74) is 6.06. The Labute approximate surface area is 104 Å². The molecule has 1 aliphatic rings. The van der Waals surface area contributed by atoms with Crippen molar-refractivity contribution in [1.29, 1.82) is 0 Å². The minimum Gasteiger partial charge on any atom is -0.379 e. The summed E-state index contributed by atoms with van der Waals surface area (Å²) < 4.78 is 5.35. The Kier molecular flexibility index (Phi) is 5.36. The average molecular weight is 243 g/mol. The summed E-state index contributed by atoms with van der Waals surface area (Å²) in [4.78, 5) is 13.5. The first-order chi connectivity index (χ1) is 8.04. The SMILES string of the molecule is CCC(NC(C)=O)C(N)(CC)N1CCOCC1. The molecule has 100 valence electrons. The van der Waals surface area contributed by atoms with Crippen molar-refractivity contribution in [1.82, 2.24) is 10.2 Å². The third kappa shape index (κ3) is 3.40. The van der Waals surface area contributed by atoms with Gasteiger partial charge in [-0.2, -0.15) is 0 Å². The van der Waals surface area contributed by atoms with Crippen molar-refractivity contribution < 1.29 is 9.53 Å². The Morgan fingerprint density at radius 1 is 1.47 bits per heavy atom. The molecule has 1 rings (SSSR count). The van der Waals surface area contributed by atoms with E-state index in [1.807, 2.05) is 0 Å². The van der Waals surface area contributed by atoms with E-state index < -0.39 is 5.66 Å². The molecule has 1 saturated heterocycles. The lowest BCUT2D eigenvalue weighted by atomic mass is 9.93. The molecule has 0 radical (unpaired) electrons. The Balaban J connectivity index is 2.78. The highest BCUT2D eigenvalue weighted by molar-refractivity contribution is 5.73. The molecule has 0 bridgehead atoms. The number of amides is 1. The Morgan fingerprint density at radius 3 is 2.47 bits per heavy atom. The fourth-order valence-electron chi connectivity index (χ4n) is 2.50. The molecule has 0 aromatic rings. The number of hydrogen-bond donors (Lipinski definition) is 2. The number of nitrogens with one attached hydrogen (secondary N) is 1. The molecule has 0 aromatic heterocycles. The van der Waals surface area contributed by atoms with Crippen LogP contribution in [0, 0.1) is 0 Å². The van der Waals surface area contributed by atoms with Gasteiger partial charge in [-0.3, -0.25) is 9.69 Å². The minimum atomic E-state index is -0.468. The summed E-state index contributed by atoms with van der Waals surface area (Å²) >= 11 is 0. The van der Waals surface area contributed by atoms with E-state index in [0.717, 1.165) is 39.1 Å². The zero-order valence-electron chi connectivity index (χ0n) is 11.2. The van der Waals surface area contributed by atoms with Gasteiger partial charge in [0.2, 0.25) is 5.91 Å². The molecule has 5 nitrogen and oxygen atoms in total. The van der Waals surface area contributed by atoms with E-state index in [1.165, 1.54) is 6.92 Å². The smallest absolute Gasteiger partial charge is 0.217 e. The third-order valence-electron chi connectivity index (χ3n) is 3.56. The van der Waals surface area contributed by atoms with E-state index in [9.17, 15) is 4.79 Å². The van der Waals surface area contributed by atoms with Crippen LogP contribution >= 0.6 is 0 Å². The molecule has 0 spiro atoms. The van der Waals surface area contributed by atoms with Crippen LogP contribution < -0.4 is 11.1 Å². The van der Waals surface area contributed by atoms with E-state index in [4.69, 9.17) is 10.5 Å². The van der Waals surface area contributed by atoms with Gasteiger partial charge in [-0.15, -0.1) is 0 Å². The van der Waals surface area contributed by atoms with Gasteiger partial charge in [0.1, 0.15) is 0 Å². The van der Waals surface area contributed by atoms with Gasteiger partial charge >= 0.3 is 0 Å². The van der Waals surface area contributed by atoms with Crippen LogP contribution in [0.3, 0.4) is 0 Å². The third-order valence-corrected chi connectivity index (χ3v) is 3.56. The number of nitrogens with zero attached hydrogens (tertiary/aromatic N) is 1. The van der Waals surface area contributed by atoms with E-state index >= 15 is 0 Å². The fourth-order valence-corrected chi connectivity index (χ4v) is 2.50. The second-order valence-corrected chi connectivity index (χ2v) is 4.61. The number of rotatable bonds is 5. The average Bonchev–Trinajstić information content (AvgIpc) is 2.35. The van der Waals surface area contributed by atoms with Crippen LogP contribution in [-0.2, 0) is 9.53 Å². The summed E-state index contributed by atoms with van der Waals surface area (Å²) in [7, 11) is 0. The highest BCUT2D eigenvalue weighted by Gasteiger charge is 2.39. The van der Waals surface area contributed by atoms with Gasteiger partial charge in [-0.05, 0) is 12.8 Å². The van der Waals surface area contributed by atoms with Crippen LogP contribution in [0.2, 0.25) is 0 Å². The molecule has 0 aromatic carbocycles. The molecule has 17 heavy (non-hydrogen) atoms. The highest BCUT2D eigenvalue weighted by atomic mass is 16.5. The van der Waals surface area contributed by atoms with Gasteiger partial charge in [-0.25, -0.2) is 0 Å². The van der Waals surface area contributed by atoms with Gasteiger partial charge in [0.15, 0.2) is 0 Å². The van der Waals surface area contributed by atoms with E-state index in [0.29, 0.717) is 0 Å². The fraction of sp³-hybridized carbons (Fsp3) is 0.917. The number of morpholine rings is 1. The second-order valence-electron chi connectivity index (χ2n) is 4.61. The number of carbonyl (C=O) groups is 1. The van der Waals surface area contributed by atoms with Crippen LogP contribution in [-0.4, -0.2) is 48.8 Å². The zero-order valence-corrected chi connectivity index (χ0v) is 11.2. The van der Waals surface area contributed by atoms with Crippen molar-refractivity contribution in [2.75, 3.05) is 26.3 Å². The summed E-state index contributed by atoms with van der Waals surface area (Å²) in [5.74, 6) is -0.0200. The van der Waals surface area contributed by atoms with Crippen LogP contribution in [0.4, 0.5) is 0 Å². The molecule has 0 aliphatic carbocycles. The zero-order chi connectivity index (χ0) is 12.9. The molecule has 2 unspecified atom stereocenters. The van der Waals surface area contributed by atoms with E-state index in [1.54, 1.807) is 0 Å². The van der Waals surface area contributed by atoms with Crippen molar-refractivity contribution in [3.63, 3.8) is 0 Å². The Hall–Kier alpha value is -0.650. The largest absolute Gasteiger partial charge is 0.379 e. The van der Waals surface area contributed by atoms with Gasteiger partial charge < -0.3 is 15.8 Å². The topological polar surface area (TPSA) is 67.6 Å². The van der Waals surface area contributed by atoms with Gasteiger partial charge in [-0.1, -0.05) is 13.8 Å². The maximum absolute atomic E-state index is 11.2. The quantitative estimate of drug-likeness (QED) is 0.729. The molecule has 5 heteroatoms. The van der Waals surface area contributed by atoms with Crippen molar-refractivity contribution in [3.8, 4) is 0 Å². The minimum absolute atomic E-state index is 0.0110. The number of hydrogen-bond acceptors (Lipinski definition) is 4. The van der Waals surface area contributed by atoms with Crippen molar-refractivity contribution in [3.05, 3.63) is 0 Å². The molecule has 1 heterocycles. The standard InChI is InChI=1S/C12H25N3O2/c1-4-11(14-10(3)16)12(13,5-2)15-6-8-17-9-7-15/h11H,4-9,13H2,1-3H3,(H,14,16). The monoisotopic (exact) mass is 243 g/mol.